The minimum absolute atomic E-state index is 0.117. The minimum Gasteiger partial charge on any atom is -0.396 e. The number of hydrogen-bond acceptors (Lipinski definition) is 3. The lowest BCUT2D eigenvalue weighted by Crippen LogP contribution is -2.50. The Morgan fingerprint density at radius 2 is 1.15 bits per heavy atom. The topological polar surface area (TPSA) is 57.5 Å². The fourth-order valence-electron chi connectivity index (χ4n) is 11.0. The van der Waals surface area contributed by atoms with Crippen LogP contribution >= 0.6 is 0 Å². The van der Waals surface area contributed by atoms with Crippen LogP contribution in [-0.4, -0.2) is 28.7 Å². The Hall–Kier alpha value is -0.670. The van der Waals surface area contributed by atoms with E-state index in [-0.39, 0.29) is 11.5 Å². The highest BCUT2D eigenvalue weighted by molar-refractivity contribution is 5.79. The SMILES string of the molecule is CC(=O)[C@H]1CC[C@H]2[C@@H]3CC=C4CC(O)CC[C@]4(C)[C@H]3CC[C@]12C.CCCCCCCCCCCCCCCCCCCCCCCCO. The highest BCUT2D eigenvalue weighted by Gasteiger charge is 2.59. The van der Waals surface area contributed by atoms with Gasteiger partial charge in [0.1, 0.15) is 5.78 Å². The first-order chi connectivity index (χ1) is 23.3. The summed E-state index contributed by atoms with van der Waals surface area (Å²) in [6.45, 7) is 9.37. The second-order valence-electron chi connectivity index (χ2n) is 17.6. The van der Waals surface area contributed by atoms with E-state index in [4.69, 9.17) is 5.11 Å². The van der Waals surface area contributed by atoms with Crippen LogP contribution in [0.25, 0.3) is 0 Å². The maximum atomic E-state index is 12.2. The Morgan fingerprint density at radius 1 is 0.667 bits per heavy atom. The van der Waals surface area contributed by atoms with Gasteiger partial charge in [0.2, 0.25) is 0 Å². The predicted octanol–water partition coefficient (Wildman–Crippen LogP) is 13.1. The standard InChI is InChI=1S/C24H50O.C21H32O2/c1-2-3-4-5-6-7-8-9-10-11-12-13-14-15-16-17-18-19-20-21-22-23-24-25;1-13(22)17-6-7-18-16-5-4-14-12-15(23)8-10-20(14,2)19(16)9-11-21(17,18)3/h25H,2-24H2,1H3;4,15-19,23H,5-12H2,1-3H3/t;15?,16-,17+,18-,19-,20-,21+/m.0/s1. The van der Waals surface area contributed by atoms with Crippen LogP contribution in [0.15, 0.2) is 11.6 Å². The molecule has 3 heteroatoms. The van der Waals surface area contributed by atoms with Gasteiger partial charge in [0.05, 0.1) is 6.10 Å². The molecule has 3 saturated carbocycles. The summed E-state index contributed by atoms with van der Waals surface area (Å²) in [6, 6.07) is 0. The molecule has 0 amide bonds. The second-order valence-corrected chi connectivity index (χ2v) is 17.6. The lowest BCUT2D eigenvalue weighted by Gasteiger charge is -2.57. The maximum Gasteiger partial charge on any atom is 0.133 e. The summed E-state index contributed by atoms with van der Waals surface area (Å²) < 4.78 is 0. The molecular weight excluding hydrogens is 588 g/mol. The molecule has 0 bridgehead atoms. The monoisotopic (exact) mass is 671 g/mol. The van der Waals surface area contributed by atoms with E-state index < -0.39 is 0 Å². The van der Waals surface area contributed by atoms with Gasteiger partial charge in [-0.2, -0.15) is 0 Å². The van der Waals surface area contributed by atoms with Crippen molar-refractivity contribution in [1.82, 2.24) is 0 Å². The zero-order valence-corrected chi connectivity index (χ0v) is 32.7. The summed E-state index contributed by atoms with van der Waals surface area (Å²) in [4.78, 5) is 12.2. The third-order valence-electron chi connectivity index (χ3n) is 14.1. The summed E-state index contributed by atoms with van der Waals surface area (Å²) in [5, 5.41) is 18.8. The van der Waals surface area contributed by atoms with Crippen molar-refractivity contribution in [3.8, 4) is 0 Å². The molecule has 48 heavy (non-hydrogen) atoms. The van der Waals surface area contributed by atoms with Crippen LogP contribution in [0.5, 0.6) is 0 Å². The van der Waals surface area contributed by atoms with Crippen molar-refractivity contribution in [3.63, 3.8) is 0 Å². The van der Waals surface area contributed by atoms with Crippen molar-refractivity contribution in [2.45, 2.75) is 226 Å². The van der Waals surface area contributed by atoms with Gasteiger partial charge < -0.3 is 10.2 Å². The van der Waals surface area contributed by atoms with Crippen molar-refractivity contribution in [1.29, 1.82) is 0 Å². The largest absolute Gasteiger partial charge is 0.396 e. The first-order valence-corrected chi connectivity index (χ1v) is 21.8. The minimum atomic E-state index is -0.117. The molecule has 4 rings (SSSR count). The van der Waals surface area contributed by atoms with Crippen LogP contribution in [0.2, 0.25) is 0 Å². The van der Waals surface area contributed by atoms with E-state index in [0.29, 0.717) is 23.7 Å². The van der Waals surface area contributed by atoms with Gasteiger partial charge in [0.25, 0.3) is 0 Å². The van der Waals surface area contributed by atoms with Gasteiger partial charge in [-0.25, -0.2) is 0 Å². The molecule has 2 N–H and O–H groups in total. The molecular formula is C45H82O3. The van der Waals surface area contributed by atoms with Gasteiger partial charge in [0.15, 0.2) is 0 Å². The Morgan fingerprint density at radius 3 is 1.60 bits per heavy atom. The number of fused-ring (bicyclic) bond motifs is 5. The zero-order valence-electron chi connectivity index (χ0n) is 32.7. The third kappa shape index (κ3) is 12.8. The van der Waals surface area contributed by atoms with E-state index in [2.05, 4.69) is 26.8 Å². The van der Waals surface area contributed by atoms with E-state index in [9.17, 15) is 9.90 Å². The van der Waals surface area contributed by atoms with Crippen LogP contribution in [0.3, 0.4) is 0 Å². The molecule has 0 spiro atoms. The molecule has 7 atom stereocenters. The summed E-state index contributed by atoms with van der Waals surface area (Å²) in [7, 11) is 0. The summed E-state index contributed by atoms with van der Waals surface area (Å²) in [5.41, 5.74) is 2.11. The fourth-order valence-corrected chi connectivity index (χ4v) is 11.0. The first kappa shape index (κ1) is 41.7. The van der Waals surface area contributed by atoms with Crippen LogP contribution < -0.4 is 0 Å². The summed E-state index contributed by atoms with van der Waals surface area (Å²) in [6.07, 6.45) is 42.6. The van der Waals surface area contributed by atoms with Crippen molar-refractivity contribution in [3.05, 3.63) is 11.6 Å². The van der Waals surface area contributed by atoms with Crippen molar-refractivity contribution in [2.24, 2.45) is 34.5 Å². The maximum absolute atomic E-state index is 12.2. The lowest BCUT2D eigenvalue weighted by molar-refractivity contribution is -0.127. The number of ketones is 1. The zero-order chi connectivity index (χ0) is 34.7. The molecule has 0 saturated heterocycles. The van der Waals surface area contributed by atoms with E-state index in [1.165, 1.54) is 161 Å². The molecule has 0 aromatic heterocycles. The number of rotatable bonds is 23. The first-order valence-electron chi connectivity index (χ1n) is 21.8. The van der Waals surface area contributed by atoms with E-state index in [1.54, 1.807) is 5.57 Å². The summed E-state index contributed by atoms with van der Waals surface area (Å²) in [5.74, 6) is 3.00. The molecule has 3 nitrogen and oxygen atoms in total. The van der Waals surface area contributed by atoms with Gasteiger partial charge in [-0.1, -0.05) is 167 Å². The van der Waals surface area contributed by atoms with Crippen molar-refractivity contribution >= 4 is 5.78 Å². The lowest BCUT2D eigenvalue weighted by atomic mass is 9.47. The fraction of sp³-hybridized carbons (Fsp3) is 0.933. The van der Waals surface area contributed by atoms with Gasteiger partial charge in [0, 0.05) is 12.5 Å². The Bertz CT molecular complexity index is 873. The average molecular weight is 671 g/mol. The molecule has 3 fully saturated rings. The van der Waals surface area contributed by atoms with Crippen molar-refractivity contribution < 1.29 is 15.0 Å². The molecule has 0 aromatic carbocycles. The van der Waals surface area contributed by atoms with Crippen LogP contribution in [-0.2, 0) is 4.79 Å². The quantitative estimate of drug-likeness (QED) is 0.0840. The van der Waals surface area contributed by atoms with Crippen LogP contribution in [0.1, 0.15) is 220 Å². The molecule has 280 valence electrons. The average Bonchev–Trinajstić information content (AvgIpc) is 3.44. The van der Waals surface area contributed by atoms with Crippen molar-refractivity contribution in [2.75, 3.05) is 6.61 Å². The van der Waals surface area contributed by atoms with Gasteiger partial charge in [-0.15, -0.1) is 0 Å². The van der Waals surface area contributed by atoms with E-state index in [1.807, 2.05) is 6.92 Å². The molecule has 0 aromatic rings. The molecule has 0 aliphatic heterocycles. The van der Waals surface area contributed by atoms with Crippen LogP contribution in [0.4, 0.5) is 0 Å². The highest BCUT2D eigenvalue weighted by Crippen LogP contribution is 2.66. The molecule has 1 unspecified atom stereocenters. The predicted molar refractivity (Wildman–Crippen MR) is 206 cm³/mol. The number of carbonyl (C=O) groups excluding carboxylic acids is 1. The molecule has 0 heterocycles. The summed E-state index contributed by atoms with van der Waals surface area (Å²) >= 11 is 0. The highest BCUT2D eigenvalue weighted by atomic mass is 16.3. The molecule has 4 aliphatic carbocycles. The number of allylic oxidation sites excluding steroid dienone is 1. The Labute approximate surface area is 299 Å². The molecule has 0 radical (unpaired) electrons. The number of unbranched alkanes of at least 4 members (excludes halogenated alkanes) is 21. The van der Waals surface area contributed by atoms with Gasteiger partial charge in [-0.05, 0) is 93.3 Å². The Balaban J connectivity index is 0.000000260. The smallest absolute Gasteiger partial charge is 0.133 e. The second kappa shape index (κ2) is 23.0. The number of aliphatic hydroxyl groups excluding tert-OH is 2. The van der Waals surface area contributed by atoms with Crippen LogP contribution in [0, 0.1) is 34.5 Å². The number of Topliss-reactive ketones (excluding diaryl/α,β-unsaturated/α-hetero) is 1. The molecule has 4 aliphatic rings. The van der Waals surface area contributed by atoms with Gasteiger partial charge >= 0.3 is 0 Å². The number of hydrogen-bond donors (Lipinski definition) is 2. The van der Waals surface area contributed by atoms with E-state index >= 15 is 0 Å². The van der Waals surface area contributed by atoms with Gasteiger partial charge in [-0.3, -0.25) is 4.79 Å². The normalized spacial score (nSPS) is 30.9. The van der Waals surface area contributed by atoms with E-state index in [0.717, 1.165) is 49.9 Å². The Kier molecular flexibility index (Phi) is 20.0. The number of carbonyl (C=O) groups is 1. The number of aliphatic hydroxyl groups is 2. The third-order valence-corrected chi connectivity index (χ3v) is 14.1.